The van der Waals surface area contributed by atoms with Crippen molar-refractivity contribution in [1.29, 1.82) is 5.26 Å². The fourth-order valence-electron chi connectivity index (χ4n) is 2.65. The van der Waals surface area contributed by atoms with E-state index >= 15 is 0 Å². The highest BCUT2D eigenvalue weighted by molar-refractivity contribution is 5.68. The highest BCUT2D eigenvalue weighted by Crippen LogP contribution is 2.51. The molecule has 94 valence electrons. The Hall–Kier alpha value is -1.24. The summed E-state index contributed by atoms with van der Waals surface area (Å²) in [4.78, 5) is 13.7. The number of nitrogens with zero attached hydrogens (tertiary/aromatic N) is 2. The molecule has 1 saturated carbocycles. The van der Waals surface area contributed by atoms with Crippen molar-refractivity contribution in [2.75, 3.05) is 13.1 Å². The van der Waals surface area contributed by atoms with Gasteiger partial charge in [-0.1, -0.05) is 0 Å². The predicted octanol–water partition coefficient (Wildman–Crippen LogP) is 2.40. The standard InChI is InChI=1S/C13H20N2O2/c1-13(2,3)17-12(16)15-6-4-9-10(5-7-15)11(9)8-14/h9-11H,4-7H2,1-3H3/t9-,10+,11?. The van der Waals surface area contributed by atoms with Gasteiger partial charge in [-0.25, -0.2) is 4.79 Å². The van der Waals surface area contributed by atoms with E-state index in [9.17, 15) is 4.79 Å². The summed E-state index contributed by atoms with van der Waals surface area (Å²) in [6.07, 6.45) is 1.68. The summed E-state index contributed by atoms with van der Waals surface area (Å²) in [7, 11) is 0. The Labute approximate surface area is 103 Å². The summed E-state index contributed by atoms with van der Waals surface area (Å²) in [5.41, 5.74) is -0.429. The van der Waals surface area contributed by atoms with E-state index in [1.165, 1.54) is 0 Å². The van der Waals surface area contributed by atoms with Gasteiger partial charge in [-0.05, 0) is 45.4 Å². The highest BCUT2D eigenvalue weighted by atomic mass is 16.6. The van der Waals surface area contributed by atoms with Crippen LogP contribution in [0.3, 0.4) is 0 Å². The molecule has 0 spiro atoms. The van der Waals surface area contributed by atoms with Gasteiger partial charge in [0.15, 0.2) is 0 Å². The number of hydrogen-bond acceptors (Lipinski definition) is 3. The molecule has 2 aliphatic rings. The Kier molecular flexibility index (Phi) is 3.03. The molecule has 0 aromatic carbocycles. The summed E-state index contributed by atoms with van der Waals surface area (Å²) in [5, 5.41) is 8.90. The molecule has 2 rings (SSSR count). The van der Waals surface area contributed by atoms with Gasteiger partial charge in [0.05, 0.1) is 12.0 Å². The Bertz CT molecular complexity index is 339. The molecule has 0 bridgehead atoms. The van der Waals surface area contributed by atoms with Crippen LogP contribution in [0, 0.1) is 29.1 Å². The minimum absolute atomic E-state index is 0.215. The average Bonchev–Trinajstić information content (AvgIpc) is 2.87. The monoisotopic (exact) mass is 236 g/mol. The molecule has 1 aliphatic heterocycles. The largest absolute Gasteiger partial charge is 0.444 e. The van der Waals surface area contributed by atoms with Crippen molar-refractivity contribution in [2.45, 2.75) is 39.2 Å². The van der Waals surface area contributed by atoms with Crippen LogP contribution in [0.2, 0.25) is 0 Å². The Balaban J connectivity index is 1.86. The predicted molar refractivity (Wildman–Crippen MR) is 63.1 cm³/mol. The Morgan fingerprint density at radius 2 is 1.82 bits per heavy atom. The first-order chi connectivity index (χ1) is 7.92. The van der Waals surface area contributed by atoms with E-state index in [1.807, 2.05) is 20.8 Å². The minimum Gasteiger partial charge on any atom is -0.444 e. The average molecular weight is 236 g/mol. The maximum atomic E-state index is 11.9. The van der Waals surface area contributed by atoms with Crippen LogP contribution in [0.15, 0.2) is 0 Å². The van der Waals surface area contributed by atoms with Crippen LogP contribution in [-0.2, 0) is 4.74 Å². The molecule has 3 atom stereocenters. The SMILES string of the molecule is CC(C)(C)OC(=O)N1CC[C@@H]2C(C#N)[C@@H]2CC1. The van der Waals surface area contributed by atoms with Crippen LogP contribution in [0.1, 0.15) is 33.6 Å². The number of amides is 1. The number of carbonyl (C=O) groups excluding carboxylic acids is 1. The minimum atomic E-state index is -0.429. The number of nitriles is 1. The molecule has 1 amide bonds. The van der Waals surface area contributed by atoms with Crippen LogP contribution in [0.5, 0.6) is 0 Å². The first kappa shape index (κ1) is 12.2. The molecule has 0 aromatic rings. The lowest BCUT2D eigenvalue weighted by molar-refractivity contribution is 0.0250. The maximum Gasteiger partial charge on any atom is 0.410 e. The van der Waals surface area contributed by atoms with Crippen molar-refractivity contribution in [2.24, 2.45) is 17.8 Å². The smallest absolute Gasteiger partial charge is 0.410 e. The van der Waals surface area contributed by atoms with E-state index in [0.29, 0.717) is 11.8 Å². The highest BCUT2D eigenvalue weighted by Gasteiger charge is 2.51. The molecule has 4 heteroatoms. The van der Waals surface area contributed by atoms with Crippen molar-refractivity contribution >= 4 is 6.09 Å². The lowest BCUT2D eigenvalue weighted by atomic mass is 10.2. The van der Waals surface area contributed by atoms with Crippen LogP contribution in [0.4, 0.5) is 4.79 Å². The summed E-state index contributed by atoms with van der Waals surface area (Å²) >= 11 is 0. The summed E-state index contributed by atoms with van der Waals surface area (Å²) in [6, 6.07) is 2.36. The van der Waals surface area contributed by atoms with E-state index < -0.39 is 5.60 Å². The molecular formula is C13H20N2O2. The van der Waals surface area contributed by atoms with Crippen molar-refractivity contribution in [3.05, 3.63) is 0 Å². The van der Waals surface area contributed by atoms with Crippen LogP contribution in [-0.4, -0.2) is 29.7 Å². The molecule has 1 unspecified atom stereocenters. The zero-order chi connectivity index (χ0) is 12.6. The van der Waals surface area contributed by atoms with Gasteiger partial charge in [-0.15, -0.1) is 0 Å². The van der Waals surface area contributed by atoms with Crippen molar-refractivity contribution in [3.8, 4) is 6.07 Å². The van der Waals surface area contributed by atoms with Crippen LogP contribution < -0.4 is 0 Å². The normalized spacial score (nSPS) is 32.1. The van der Waals surface area contributed by atoms with E-state index in [2.05, 4.69) is 6.07 Å². The molecule has 0 aromatic heterocycles. The van der Waals surface area contributed by atoms with Gasteiger partial charge in [0.2, 0.25) is 0 Å². The van der Waals surface area contributed by atoms with Gasteiger partial charge in [-0.2, -0.15) is 5.26 Å². The van der Waals surface area contributed by atoms with Gasteiger partial charge in [0.25, 0.3) is 0 Å². The fourth-order valence-corrected chi connectivity index (χ4v) is 2.65. The number of fused-ring (bicyclic) bond motifs is 1. The molecule has 4 nitrogen and oxygen atoms in total. The molecule has 17 heavy (non-hydrogen) atoms. The zero-order valence-corrected chi connectivity index (χ0v) is 10.8. The lowest BCUT2D eigenvalue weighted by Crippen LogP contribution is -2.37. The van der Waals surface area contributed by atoms with Gasteiger partial charge >= 0.3 is 6.09 Å². The van der Waals surface area contributed by atoms with Gasteiger partial charge in [0.1, 0.15) is 5.60 Å². The number of hydrogen-bond donors (Lipinski definition) is 0. The molecule has 1 saturated heterocycles. The van der Waals surface area contributed by atoms with E-state index in [4.69, 9.17) is 10.00 Å². The first-order valence-corrected chi connectivity index (χ1v) is 6.30. The molecule has 0 N–H and O–H groups in total. The number of likely N-dealkylation sites (tertiary alicyclic amines) is 1. The fraction of sp³-hybridized carbons (Fsp3) is 0.846. The van der Waals surface area contributed by atoms with Gasteiger partial charge in [-0.3, -0.25) is 0 Å². The summed E-state index contributed by atoms with van der Waals surface area (Å²) < 4.78 is 5.36. The number of ether oxygens (including phenoxy) is 1. The number of carbonyl (C=O) groups is 1. The van der Waals surface area contributed by atoms with Crippen molar-refractivity contribution < 1.29 is 9.53 Å². The van der Waals surface area contributed by atoms with Crippen LogP contribution >= 0.6 is 0 Å². The third-order valence-corrected chi connectivity index (χ3v) is 3.60. The second-order valence-electron chi connectivity index (χ2n) is 6.03. The quantitative estimate of drug-likeness (QED) is 0.649. The second-order valence-corrected chi connectivity index (χ2v) is 6.03. The third kappa shape index (κ3) is 2.71. The van der Waals surface area contributed by atoms with Crippen molar-refractivity contribution in [3.63, 3.8) is 0 Å². The third-order valence-electron chi connectivity index (χ3n) is 3.60. The second kappa shape index (κ2) is 4.21. The van der Waals surface area contributed by atoms with Gasteiger partial charge < -0.3 is 9.64 Å². The molecule has 1 heterocycles. The first-order valence-electron chi connectivity index (χ1n) is 6.30. The molecular weight excluding hydrogens is 216 g/mol. The molecule has 0 radical (unpaired) electrons. The van der Waals surface area contributed by atoms with E-state index in [-0.39, 0.29) is 12.0 Å². The van der Waals surface area contributed by atoms with Gasteiger partial charge in [0, 0.05) is 13.1 Å². The Morgan fingerprint density at radius 1 is 1.29 bits per heavy atom. The Morgan fingerprint density at radius 3 is 2.24 bits per heavy atom. The topological polar surface area (TPSA) is 53.3 Å². The maximum absolute atomic E-state index is 11.9. The number of rotatable bonds is 0. The molecule has 2 fully saturated rings. The summed E-state index contributed by atoms with van der Waals surface area (Å²) in [5.74, 6) is 1.29. The zero-order valence-electron chi connectivity index (χ0n) is 10.8. The van der Waals surface area contributed by atoms with E-state index in [0.717, 1.165) is 25.9 Å². The summed E-state index contributed by atoms with van der Waals surface area (Å²) in [6.45, 7) is 7.10. The van der Waals surface area contributed by atoms with E-state index in [1.54, 1.807) is 4.90 Å². The van der Waals surface area contributed by atoms with Crippen LogP contribution in [0.25, 0.3) is 0 Å². The molecule has 1 aliphatic carbocycles. The van der Waals surface area contributed by atoms with Crippen molar-refractivity contribution in [1.82, 2.24) is 4.90 Å². The lowest BCUT2D eigenvalue weighted by Gasteiger charge is -2.26.